The van der Waals surface area contributed by atoms with Crippen molar-refractivity contribution in [1.82, 2.24) is 0 Å². The van der Waals surface area contributed by atoms with Crippen LogP contribution in [0.4, 0.5) is 10.1 Å². The summed E-state index contributed by atoms with van der Waals surface area (Å²) in [4.78, 5) is 0.868. The third kappa shape index (κ3) is 2.74. The summed E-state index contributed by atoms with van der Waals surface area (Å²) in [6.07, 6.45) is 0. The van der Waals surface area contributed by atoms with E-state index in [2.05, 4.69) is 17.5 Å². The van der Waals surface area contributed by atoms with Gasteiger partial charge in [-0.3, -0.25) is 0 Å². The zero-order valence-corrected chi connectivity index (χ0v) is 11.7. The van der Waals surface area contributed by atoms with Gasteiger partial charge in [0.05, 0.1) is 0 Å². The van der Waals surface area contributed by atoms with Crippen LogP contribution in [0.3, 0.4) is 0 Å². The molecule has 0 amide bonds. The van der Waals surface area contributed by atoms with Gasteiger partial charge in [0.1, 0.15) is 5.82 Å². The highest BCUT2D eigenvalue weighted by atomic mass is 32.2. The summed E-state index contributed by atoms with van der Waals surface area (Å²) in [5.74, 6) is 0.546. The molecule has 3 aromatic rings. The number of hydrogen-bond donors (Lipinski definition) is 1. The number of thiophene rings is 1. The van der Waals surface area contributed by atoms with Gasteiger partial charge in [0.25, 0.3) is 0 Å². The summed E-state index contributed by atoms with van der Waals surface area (Å²) in [6.45, 7) is 0. The lowest BCUT2D eigenvalue weighted by atomic mass is 10.2. The molecule has 0 spiro atoms. The first-order chi connectivity index (χ1) is 9.22. The number of nitrogen functional groups attached to an aromatic ring is 1. The van der Waals surface area contributed by atoms with E-state index in [1.165, 1.54) is 27.8 Å². The largest absolute Gasteiger partial charge is 0.399 e. The second kappa shape index (κ2) is 5.23. The highest BCUT2D eigenvalue weighted by molar-refractivity contribution is 7.98. The molecule has 0 aliphatic carbocycles. The standard InChI is InChI=1S/C15H12FNS2/c16-11-5-12(17)7-13(6-11)18-8-10-9-19-15-4-2-1-3-14(10)15/h1-7,9H,8,17H2. The molecule has 0 fully saturated rings. The lowest BCUT2D eigenvalue weighted by molar-refractivity contribution is 0.625. The van der Waals surface area contributed by atoms with Crippen molar-refractivity contribution in [2.24, 2.45) is 0 Å². The Bertz CT molecular complexity index is 701. The van der Waals surface area contributed by atoms with Crippen LogP contribution in [0.2, 0.25) is 0 Å². The molecular formula is C15H12FNS2. The molecule has 0 unspecified atom stereocenters. The van der Waals surface area contributed by atoms with Gasteiger partial charge in [0, 0.05) is 21.0 Å². The summed E-state index contributed by atoms with van der Waals surface area (Å²) in [5.41, 5.74) is 7.40. The van der Waals surface area contributed by atoms with E-state index < -0.39 is 0 Å². The van der Waals surface area contributed by atoms with Crippen LogP contribution in [-0.2, 0) is 5.75 Å². The highest BCUT2D eigenvalue weighted by Gasteiger charge is 2.05. The van der Waals surface area contributed by atoms with Crippen LogP contribution in [0.15, 0.2) is 52.7 Å². The molecule has 1 heterocycles. The Morgan fingerprint density at radius 3 is 2.84 bits per heavy atom. The van der Waals surface area contributed by atoms with Crippen LogP contribution in [0, 0.1) is 5.82 Å². The third-order valence-corrected chi connectivity index (χ3v) is 4.89. The predicted molar refractivity (Wildman–Crippen MR) is 82.2 cm³/mol. The average Bonchev–Trinajstić information content (AvgIpc) is 2.78. The van der Waals surface area contributed by atoms with Crippen molar-refractivity contribution in [3.8, 4) is 0 Å². The molecule has 0 radical (unpaired) electrons. The van der Waals surface area contributed by atoms with Gasteiger partial charge < -0.3 is 5.73 Å². The first-order valence-electron chi connectivity index (χ1n) is 5.86. The molecule has 96 valence electrons. The fourth-order valence-corrected chi connectivity index (χ4v) is 4.02. The molecule has 0 aliphatic rings. The fourth-order valence-electron chi connectivity index (χ4n) is 1.97. The van der Waals surface area contributed by atoms with E-state index in [-0.39, 0.29) is 5.82 Å². The average molecular weight is 289 g/mol. The third-order valence-electron chi connectivity index (χ3n) is 2.85. The summed E-state index contributed by atoms with van der Waals surface area (Å²) in [7, 11) is 0. The van der Waals surface area contributed by atoms with Crippen LogP contribution < -0.4 is 5.73 Å². The molecule has 2 N–H and O–H groups in total. The summed E-state index contributed by atoms with van der Waals surface area (Å²) in [6, 6.07) is 13.0. The van der Waals surface area contributed by atoms with Gasteiger partial charge in [-0.1, -0.05) is 18.2 Å². The van der Waals surface area contributed by atoms with Gasteiger partial charge in [-0.25, -0.2) is 4.39 Å². The monoisotopic (exact) mass is 289 g/mol. The molecule has 0 bridgehead atoms. The number of hydrogen-bond acceptors (Lipinski definition) is 3. The molecule has 0 saturated carbocycles. The number of nitrogens with two attached hydrogens (primary N) is 1. The SMILES string of the molecule is Nc1cc(F)cc(SCc2csc3ccccc23)c1. The Hall–Kier alpha value is -1.52. The highest BCUT2D eigenvalue weighted by Crippen LogP contribution is 2.32. The van der Waals surface area contributed by atoms with Crippen LogP contribution in [-0.4, -0.2) is 0 Å². The molecule has 19 heavy (non-hydrogen) atoms. The van der Waals surface area contributed by atoms with Crippen LogP contribution >= 0.6 is 23.1 Å². The minimum absolute atomic E-state index is 0.280. The number of anilines is 1. The van der Waals surface area contributed by atoms with E-state index in [9.17, 15) is 4.39 Å². The first-order valence-corrected chi connectivity index (χ1v) is 7.73. The number of rotatable bonds is 3. The maximum absolute atomic E-state index is 13.3. The van der Waals surface area contributed by atoms with Gasteiger partial charge in [-0.2, -0.15) is 0 Å². The van der Waals surface area contributed by atoms with Crippen LogP contribution in [0.1, 0.15) is 5.56 Å². The van der Waals surface area contributed by atoms with E-state index in [1.807, 2.05) is 18.2 Å². The number of fused-ring (bicyclic) bond motifs is 1. The number of thioether (sulfide) groups is 1. The molecule has 2 aromatic carbocycles. The Morgan fingerprint density at radius 1 is 1.16 bits per heavy atom. The summed E-state index contributed by atoms with van der Waals surface area (Å²) < 4.78 is 14.5. The molecule has 0 saturated heterocycles. The van der Waals surface area contributed by atoms with Gasteiger partial charge in [-0.15, -0.1) is 23.1 Å². The second-order valence-electron chi connectivity index (χ2n) is 4.27. The predicted octanol–water partition coefficient (Wildman–Crippen LogP) is 4.91. The molecule has 1 nitrogen and oxygen atoms in total. The maximum atomic E-state index is 13.3. The Kier molecular flexibility index (Phi) is 3.44. The maximum Gasteiger partial charge on any atom is 0.126 e. The van der Waals surface area contributed by atoms with E-state index in [4.69, 9.17) is 5.73 Å². The Balaban J connectivity index is 1.82. The van der Waals surface area contributed by atoms with E-state index in [0.29, 0.717) is 5.69 Å². The van der Waals surface area contributed by atoms with Crippen molar-refractivity contribution in [1.29, 1.82) is 0 Å². The Morgan fingerprint density at radius 2 is 2.00 bits per heavy atom. The van der Waals surface area contributed by atoms with Crippen molar-refractivity contribution in [2.45, 2.75) is 10.6 Å². The van der Waals surface area contributed by atoms with Crippen molar-refractivity contribution in [3.05, 3.63) is 59.2 Å². The van der Waals surface area contributed by atoms with Crippen molar-refractivity contribution < 1.29 is 4.39 Å². The zero-order chi connectivity index (χ0) is 13.2. The minimum Gasteiger partial charge on any atom is -0.399 e. The molecular weight excluding hydrogens is 277 g/mol. The number of halogens is 1. The topological polar surface area (TPSA) is 26.0 Å². The lowest BCUT2D eigenvalue weighted by Crippen LogP contribution is -1.87. The lowest BCUT2D eigenvalue weighted by Gasteiger charge is -2.03. The zero-order valence-electron chi connectivity index (χ0n) is 10.1. The van der Waals surface area contributed by atoms with Gasteiger partial charge in [0.2, 0.25) is 0 Å². The van der Waals surface area contributed by atoms with E-state index in [1.54, 1.807) is 23.1 Å². The molecule has 0 aliphatic heterocycles. The second-order valence-corrected chi connectivity index (χ2v) is 6.23. The van der Waals surface area contributed by atoms with Gasteiger partial charge in [-0.05, 0) is 40.6 Å². The Labute approximate surface area is 119 Å². The van der Waals surface area contributed by atoms with Crippen LogP contribution in [0.5, 0.6) is 0 Å². The molecule has 0 atom stereocenters. The van der Waals surface area contributed by atoms with Gasteiger partial charge in [0.15, 0.2) is 0 Å². The minimum atomic E-state index is -0.280. The fraction of sp³-hybridized carbons (Fsp3) is 0.0667. The molecule has 3 rings (SSSR count). The first kappa shape index (κ1) is 12.5. The van der Waals surface area contributed by atoms with Crippen molar-refractivity contribution in [3.63, 3.8) is 0 Å². The summed E-state index contributed by atoms with van der Waals surface area (Å²) in [5, 5.41) is 3.45. The number of benzene rings is 2. The smallest absolute Gasteiger partial charge is 0.126 e. The van der Waals surface area contributed by atoms with E-state index in [0.717, 1.165) is 10.6 Å². The quantitative estimate of drug-likeness (QED) is 0.547. The molecule has 1 aromatic heterocycles. The van der Waals surface area contributed by atoms with Crippen molar-refractivity contribution in [2.75, 3.05) is 5.73 Å². The van der Waals surface area contributed by atoms with Gasteiger partial charge >= 0.3 is 0 Å². The van der Waals surface area contributed by atoms with E-state index >= 15 is 0 Å². The summed E-state index contributed by atoms with van der Waals surface area (Å²) >= 11 is 3.35. The molecule has 4 heteroatoms. The normalized spacial score (nSPS) is 11.0. The van der Waals surface area contributed by atoms with Crippen molar-refractivity contribution >= 4 is 38.9 Å². The van der Waals surface area contributed by atoms with Crippen LogP contribution in [0.25, 0.3) is 10.1 Å².